The van der Waals surface area contributed by atoms with Crippen molar-refractivity contribution < 1.29 is 33.5 Å². The molecule has 0 unspecified atom stereocenters. The van der Waals surface area contributed by atoms with E-state index in [0.29, 0.717) is 32.7 Å². The van der Waals surface area contributed by atoms with Gasteiger partial charge in [-0.2, -0.15) is 0 Å². The Bertz CT molecular complexity index is 1090. The molecule has 0 spiro atoms. The Morgan fingerprint density at radius 3 is 1.80 bits per heavy atom. The van der Waals surface area contributed by atoms with Gasteiger partial charge >= 0.3 is 0 Å². The van der Waals surface area contributed by atoms with Gasteiger partial charge in [0.05, 0.1) is 39.1 Å². The first-order valence-electron chi connectivity index (χ1n) is 14.1. The van der Waals surface area contributed by atoms with Gasteiger partial charge in [0.1, 0.15) is 24.8 Å². The van der Waals surface area contributed by atoms with Gasteiger partial charge in [0.15, 0.2) is 0 Å². The van der Waals surface area contributed by atoms with E-state index in [9.17, 15) is 5.11 Å². The van der Waals surface area contributed by atoms with Gasteiger partial charge in [0.2, 0.25) is 0 Å². The van der Waals surface area contributed by atoms with Crippen LogP contribution in [0.5, 0.6) is 5.75 Å². The van der Waals surface area contributed by atoms with Crippen molar-refractivity contribution in [3.63, 3.8) is 0 Å². The van der Waals surface area contributed by atoms with E-state index >= 15 is 0 Å². The number of aliphatic hydroxyl groups excluding tert-OH is 1. The van der Waals surface area contributed by atoms with E-state index in [-0.39, 0.29) is 37.8 Å². The standard InChI is InChI=1S/C34H44O7/c1-27(38-23-30-16-18-31(37-3)19-17-30)32(41-26-36-2)20-21-34(40-25-29-13-8-5-9-14-29)33(15-10-22-35)39-24-28-11-6-4-7-12-28/h4-9,11-14,16-21,27,32-35H,10,15,22-26H2,1-3H3/b21-20+/t27-,32+,33+,34-/m1/s1. The Morgan fingerprint density at radius 1 is 0.659 bits per heavy atom. The lowest BCUT2D eigenvalue weighted by atomic mass is 10.1. The molecule has 0 aromatic heterocycles. The molecule has 0 saturated carbocycles. The second-order valence-electron chi connectivity index (χ2n) is 9.75. The van der Waals surface area contributed by atoms with E-state index in [4.69, 9.17) is 28.4 Å². The monoisotopic (exact) mass is 564 g/mol. The summed E-state index contributed by atoms with van der Waals surface area (Å²) in [6.07, 6.45) is 3.88. The zero-order valence-corrected chi connectivity index (χ0v) is 24.4. The zero-order valence-electron chi connectivity index (χ0n) is 24.4. The molecular weight excluding hydrogens is 520 g/mol. The molecule has 0 bridgehead atoms. The molecule has 7 heteroatoms. The third-order valence-corrected chi connectivity index (χ3v) is 6.61. The van der Waals surface area contributed by atoms with Crippen LogP contribution >= 0.6 is 0 Å². The van der Waals surface area contributed by atoms with Crippen LogP contribution in [0.4, 0.5) is 0 Å². The molecule has 4 atom stereocenters. The summed E-state index contributed by atoms with van der Waals surface area (Å²) in [5.74, 6) is 0.804. The second kappa shape index (κ2) is 19.1. The van der Waals surface area contributed by atoms with Crippen molar-refractivity contribution in [2.45, 2.75) is 64.0 Å². The summed E-state index contributed by atoms with van der Waals surface area (Å²) in [5, 5.41) is 9.59. The summed E-state index contributed by atoms with van der Waals surface area (Å²) in [6, 6.07) is 27.9. The predicted molar refractivity (Wildman–Crippen MR) is 159 cm³/mol. The van der Waals surface area contributed by atoms with Crippen molar-refractivity contribution in [1.82, 2.24) is 0 Å². The largest absolute Gasteiger partial charge is 0.497 e. The lowest BCUT2D eigenvalue weighted by Gasteiger charge is -2.27. The smallest absolute Gasteiger partial charge is 0.147 e. The van der Waals surface area contributed by atoms with E-state index < -0.39 is 0 Å². The first kappa shape index (κ1) is 32.5. The van der Waals surface area contributed by atoms with Crippen LogP contribution in [-0.2, 0) is 43.5 Å². The fourth-order valence-corrected chi connectivity index (χ4v) is 4.22. The molecule has 3 rings (SSSR count). The van der Waals surface area contributed by atoms with E-state index in [1.807, 2.05) is 104 Å². The van der Waals surface area contributed by atoms with Gasteiger partial charge < -0.3 is 33.5 Å². The van der Waals surface area contributed by atoms with Gasteiger partial charge in [-0.1, -0.05) is 84.9 Å². The molecule has 222 valence electrons. The normalized spacial score (nSPS) is 14.5. The summed E-state index contributed by atoms with van der Waals surface area (Å²) in [7, 11) is 3.24. The maximum Gasteiger partial charge on any atom is 0.147 e. The van der Waals surface area contributed by atoms with Gasteiger partial charge in [-0.25, -0.2) is 0 Å². The highest BCUT2D eigenvalue weighted by molar-refractivity contribution is 5.26. The molecule has 0 aliphatic heterocycles. The minimum Gasteiger partial charge on any atom is -0.497 e. The first-order valence-corrected chi connectivity index (χ1v) is 14.1. The van der Waals surface area contributed by atoms with E-state index in [1.165, 1.54) is 0 Å². The summed E-state index contributed by atoms with van der Waals surface area (Å²) >= 11 is 0. The quantitative estimate of drug-likeness (QED) is 0.132. The van der Waals surface area contributed by atoms with Crippen molar-refractivity contribution in [2.24, 2.45) is 0 Å². The first-order chi connectivity index (χ1) is 20.1. The van der Waals surface area contributed by atoms with Crippen LogP contribution in [0.15, 0.2) is 97.1 Å². The Kier molecular flexibility index (Phi) is 15.2. The van der Waals surface area contributed by atoms with E-state index in [1.54, 1.807) is 14.2 Å². The molecule has 0 fully saturated rings. The van der Waals surface area contributed by atoms with Gasteiger partial charge in [0.25, 0.3) is 0 Å². The van der Waals surface area contributed by atoms with Crippen LogP contribution in [0.1, 0.15) is 36.5 Å². The van der Waals surface area contributed by atoms with Gasteiger partial charge in [-0.15, -0.1) is 0 Å². The Labute approximate surface area is 244 Å². The topological polar surface area (TPSA) is 75.6 Å². The number of hydrogen-bond donors (Lipinski definition) is 1. The molecule has 41 heavy (non-hydrogen) atoms. The van der Waals surface area contributed by atoms with Crippen LogP contribution < -0.4 is 4.74 Å². The maximum absolute atomic E-state index is 9.59. The molecule has 3 aromatic carbocycles. The number of aliphatic hydroxyl groups is 1. The minimum atomic E-state index is -0.386. The van der Waals surface area contributed by atoms with Crippen molar-refractivity contribution in [1.29, 1.82) is 0 Å². The third-order valence-electron chi connectivity index (χ3n) is 6.61. The molecule has 7 nitrogen and oxygen atoms in total. The van der Waals surface area contributed by atoms with E-state index in [2.05, 4.69) is 0 Å². The van der Waals surface area contributed by atoms with Crippen LogP contribution in [0, 0.1) is 0 Å². The molecule has 0 heterocycles. The van der Waals surface area contributed by atoms with Gasteiger partial charge in [-0.05, 0) is 48.6 Å². The van der Waals surface area contributed by atoms with Crippen LogP contribution in [0.25, 0.3) is 0 Å². The highest BCUT2D eigenvalue weighted by atomic mass is 16.7. The molecular formula is C34H44O7. The molecule has 1 N–H and O–H groups in total. The van der Waals surface area contributed by atoms with Gasteiger partial charge in [0, 0.05) is 13.7 Å². The number of ether oxygens (including phenoxy) is 6. The van der Waals surface area contributed by atoms with Crippen LogP contribution in [0.2, 0.25) is 0 Å². The SMILES string of the molecule is COCO[C@@H](/C=C/[C@@H](OCc1ccccc1)[C@H](CCCO)OCc1ccccc1)[C@@H](C)OCc1ccc(OC)cc1. The van der Waals surface area contributed by atoms with Crippen molar-refractivity contribution in [2.75, 3.05) is 27.6 Å². The predicted octanol–water partition coefficient (Wildman–Crippen LogP) is 6.09. The molecule has 0 saturated heterocycles. The molecule has 0 radical (unpaired) electrons. The summed E-state index contributed by atoms with van der Waals surface area (Å²) < 4.78 is 35.4. The minimum absolute atomic E-state index is 0.0795. The lowest BCUT2D eigenvalue weighted by Crippen LogP contribution is -2.32. The summed E-state index contributed by atoms with van der Waals surface area (Å²) in [4.78, 5) is 0. The number of rotatable bonds is 20. The number of methoxy groups -OCH3 is 2. The molecule has 0 amide bonds. The molecule has 0 aliphatic rings. The Morgan fingerprint density at radius 2 is 1.22 bits per heavy atom. The molecule has 0 aliphatic carbocycles. The van der Waals surface area contributed by atoms with Crippen LogP contribution in [0.3, 0.4) is 0 Å². The van der Waals surface area contributed by atoms with Crippen molar-refractivity contribution >= 4 is 0 Å². The average molecular weight is 565 g/mol. The third kappa shape index (κ3) is 12.2. The lowest BCUT2D eigenvalue weighted by molar-refractivity contribution is -0.109. The summed E-state index contributed by atoms with van der Waals surface area (Å²) in [6.45, 7) is 3.48. The second-order valence-corrected chi connectivity index (χ2v) is 9.75. The highest BCUT2D eigenvalue weighted by Gasteiger charge is 2.23. The van der Waals surface area contributed by atoms with E-state index in [0.717, 1.165) is 22.4 Å². The Hall–Kier alpha value is -3.04. The number of hydrogen-bond acceptors (Lipinski definition) is 7. The zero-order chi connectivity index (χ0) is 29.1. The Balaban J connectivity index is 1.75. The summed E-state index contributed by atoms with van der Waals surface area (Å²) in [5.41, 5.74) is 3.18. The van der Waals surface area contributed by atoms with Crippen molar-refractivity contribution in [3.05, 3.63) is 114 Å². The fourth-order valence-electron chi connectivity index (χ4n) is 4.22. The van der Waals surface area contributed by atoms with Crippen molar-refractivity contribution in [3.8, 4) is 5.75 Å². The fraction of sp³-hybridized carbons (Fsp3) is 0.412. The average Bonchev–Trinajstić information content (AvgIpc) is 3.03. The van der Waals surface area contributed by atoms with Gasteiger partial charge in [-0.3, -0.25) is 0 Å². The highest BCUT2D eigenvalue weighted by Crippen LogP contribution is 2.19. The maximum atomic E-state index is 9.59. The molecule has 3 aromatic rings. The number of benzene rings is 3. The van der Waals surface area contributed by atoms with Crippen LogP contribution in [-0.4, -0.2) is 57.1 Å².